The van der Waals surface area contributed by atoms with Crippen molar-refractivity contribution in [3.8, 4) is 0 Å². The summed E-state index contributed by atoms with van der Waals surface area (Å²) in [6.45, 7) is 20.4. The van der Waals surface area contributed by atoms with Crippen molar-refractivity contribution in [1.82, 2.24) is 0 Å². The molecule has 0 N–H and O–H groups in total. The van der Waals surface area contributed by atoms with E-state index in [1.165, 1.54) is 43.8 Å². The van der Waals surface area contributed by atoms with Crippen LogP contribution in [0.1, 0.15) is 74.6 Å². The van der Waals surface area contributed by atoms with Gasteiger partial charge in [0, 0.05) is 0 Å². The minimum atomic E-state index is 0. The van der Waals surface area contributed by atoms with Crippen LogP contribution in [0.2, 0.25) is 0 Å². The summed E-state index contributed by atoms with van der Waals surface area (Å²) in [5, 5.41) is 5.61. The van der Waals surface area contributed by atoms with Gasteiger partial charge in [0.25, 0.3) is 0 Å². The standard InChI is InChI=1S/2C13H15.C4H8.2ClH.Zr/c2*1-9(2)12-6-4-5-11-7-10(3)8-13(11)12;1-3-4-2;;;/h2*4-9H,1-3H3;1-4H2;2*1H;/q2*-1;-2;;;+2/p-2. The molecular formula is C30H38Cl2Zr-4. The quantitative estimate of drug-likeness (QED) is 0.337. The topological polar surface area (TPSA) is 0 Å². The molecule has 0 nitrogen and oxygen atoms in total. The maximum atomic E-state index is 3.54. The van der Waals surface area contributed by atoms with Crippen LogP contribution in [-0.2, 0) is 26.2 Å². The maximum Gasteiger partial charge on any atom is 2.00 e. The first-order chi connectivity index (χ1) is 14.3. The Morgan fingerprint density at radius 2 is 1.00 bits per heavy atom. The third-order valence-electron chi connectivity index (χ3n) is 5.35. The van der Waals surface area contributed by atoms with Gasteiger partial charge in [0.15, 0.2) is 0 Å². The Morgan fingerprint density at radius 3 is 1.27 bits per heavy atom. The molecule has 0 spiro atoms. The molecule has 4 aromatic rings. The molecule has 3 heteroatoms. The van der Waals surface area contributed by atoms with Gasteiger partial charge in [-0.3, -0.25) is 0 Å². The zero-order valence-electron chi connectivity index (χ0n) is 21.0. The van der Waals surface area contributed by atoms with E-state index in [0.29, 0.717) is 11.8 Å². The van der Waals surface area contributed by atoms with Crippen molar-refractivity contribution in [3.05, 3.63) is 96.8 Å². The van der Waals surface area contributed by atoms with Gasteiger partial charge in [0.1, 0.15) is 0 Å². The van der Waals surface area contributed by atoms with Crippen LogP contribution in [0.25, 0.3) is 21.5 Å². The molecular weight excluding hydrogens is 522 g/mol. The first-order valence-corrected chi connectivity index (χ1v) is 11.2. The summed E-state index contributed by atoms with van der Waals surface area (Å²) in [6, 6.07) is 22.2. The van der Waals surface area contributed by atoms with Crippen LogP contribution in [0.5, 0.6) is 0 Å². The molecule has 0 amide bonds. The van der Waals surface area contributed by atoms with Crippen molar-refractivity contribution in [2.24, 2.45) is 0 Å². The monoisotopic (exact) mass is 558 g/mol. The summed E-state index contributed by atoms with van der Waals surface area (Å²) in [5.74, 6) is 1.23. The van der Waals surface area contributed by atoms with E-state index < -0.39 is 0 Å². The molecule has 0 aliphatic heterocycles. The number of hydrogen-bond acceptors (Lipinski definition) is 0. The van der Waals surface area contributed by atoms with Gasteiger partial charge in [-0.25, -0.2) is 12.8 Å². The predicted molar refractivity (Wildman–Crippen MR) is 137 cm³/mol. The first-order valence-electron chi connectivity index (χ1n) is 11.2. The van der Waals surface area contributed by atoms with Gasteiger partial charge in [-0.05, 0) is 11.8 Å². The molecule has 0 radical (unpaired) electrons. The van der Waals surface area contributed by atoms with Gasteiger partial charge in [0.05, 0.1) is 0 Å². The first kappa shape index (κ1) is 34.3. The average molecular weight is 561 g/mol. The summed E-state index contributed by atoms with van der Waals surface area (Å²) in [7, 11) is 0. The second-order valence-corrected chi connectivity index (χ2v) is 8.78. The van der Waals surface area contributed by atoms with Crippen molar-refractivity contribution in [2.75, 3.05) is 0 Å². The SMILES string of the molecule is Cc1cc2c(C(C)C)cccc2[cH-]1.Cc1cc2c(C(C)C)cccc2[cH-]1.[CH2-]CC[CH2-].[Cl-].[Cl-].[Zr+2]. The molecule has 0 saturated heterocycles. The van der Waals surface area contributed by atoms with E-state index in [9.17, 15) is 0 Å². The van der Waals surface area contributed by atoms with Crippen LogP contribution in [-0.4, -0.2) is 0 Å². The number of benzene rings is 2. The predicted octanol–water partition coefficient (Wildman–Crippen LogP) is 3.42. The molecule has 0 saturated carbocycles. The van der Waals surface area contributed by atoms with Gasteiger partial charge in [0.2, 0.25) is 0 Å². The second-order valence-electron chi connectivity index (χ2n) is 8.78. The smallest absolute Gasteiger partial charge is 1.00 e. The van der Waals surface area contributed by atoms with Gasteiger partial charge >= 0.3 is 26.2 Å². The number of hydrogen-bond donors (Lipinski definition) is 0. The van der Waals surface area contributed by atoms with Crippen LogP contribution in [0.15, 0.2) is 60.7 Å². The van der Waals surface area contributed by atoms with Crippen molar-refractivity contribution in [3.63, 3.8) is 0 Å². The van der Waals surface area contributed by atoms with Crippen LogP contribution >= 0.6 is 0 Å². The second kappa shape index (κ2) is 16.7. The van der Waals surface area contributed by atoms with Crippen molar-refractivity contribution >= 4 is 21.5 Å². The fourth-order valence-electron chi connectivity index (χ4n) is 3.82. The van der Waals surface area contributed by atoms with Crippen LogP contribution in [0, 0.1) is 27.7 Å². The van der Waals surface area contributed by atoms with Crippen molar-refractivity contribution in [1.29, 1.82) is 0 Å². The Labute approximate surface area is 234 Å². The maximum absolute atomic E-state index is 3.54. The number of aryl methyl sites for hydroxylation is 2. The zero-order valence-corrected chi connectivity index (χ0v) is 25.0. The largest absolute Gasteiger partial charge is 2.00 e. The van der Waals surface area contributed by atoms with Crippen LogP contribution < -0.4 is 24.8 Å². The van der Waals surface area contributed by atoms with Gasteiger partial charge in [-0.1, -0.05) is 64.8 Å². The normalized spacial score (nSPS) is 9.88. The summed E-state index contributed by atoms with van der Waals surface area (Å²) < 4.78 is 0. The average Bonchev–Trinajstić information content (AvgIpc) is 3.28. The molecule has 4 aromatic carbocycles. The third-order valence-corrected chi connectivity index (χ3v) is 5.35. The van der Waals surface area contributed by atoms with Crippen molar-refractivity contribution < 1.29 is 51.0 Å². The molecule has 0 bridgehead atoms. The molecule has 0 aliphatic rings. The Bertz CT molecular complexity index is 968. The molecule has 0 fully saturated rings. The Hall–Kier alpha value is -0.877. The zero-order chi connectivity index (χ0) is 22.3. The molecule has 0 aliphatic carbocycles. The van der Waals surface area contributed by atoms with E-state index >= 15 is 0 Å². The summed E-state index contributed by atoms with van der Waals surface area (Å²) in [5.41, 5.74) is 5.66. The van der Waals surface area contributed by atoms with Gasteiger partial charge in [-0.2, -0.15) is 12.1 Å². The van der Waals surface area contributed by atoms with E-state index in [1.807, 2.05) is 0 Å². The van der Waals surface area contributed by atoms with Crippen molar-refractivity contribution in [2.45, 2.75) is 66.2 Å². The van der Waals surface area contributed by atoms with E-state index in [4.69, 9.17) is 0 Å². The number of halogens is 2. The summed E-state index contributed by atoms with van der Waals surface area (Å²) in [4.78, 5) is 0. The fraction of sp³-hybridized carbons (Fsp3) is 0.333. The number of rotatable bonds is 3. The summed E-state index contributed by atoms with van der Waals surface area (Å²) in [6.07, 6.45) is 1.92. The minimum Gasteiger partial charge on any atom is -1.00 e. The molecule has 0 heterocycles. The molecule has 180 valence electrons. The van der Waals surface area contributed by atoms with E-state index in [-0.39, 0.29) is 51.0 Å². The van der Waals surface area contributed by atoms with Gasteiger partial charge < -0.3 is 38.7 Å². The Balaban J connectivity index is 0. The Kier molecular flexibility index (Phi) is 17.4. The third kappa shape index (κ3) is 9.72. The van der Waals surface area contributed by atoms with E-state index in [0.717, 1.165) is 12.8 Å². The van der Waals surface area contributed by atoms with Crippen LogP contribution in [0.3, 0.4) is 0 Å². The fourth-order valence-corrected chi connectivity index (χ4v) is 3.82. The number of fused-ring (bicyclic) bond motifs is 2. The van der Waals surface area contributed by atoms with E-state index in [1.54, 1.807) is 0 Å². The van der Waals surface area contributed by atoms with Gasteiger partial charge in [-0.15, -0.1) is 69.1 Å². The molecule has 33 heavy (non-hydrogen) atoms. The molecule has 4 rings (SSSR count). The van der Waals surface area contributed by atoms with Crippen LogP contribution in [0.4, 0.5) is 0 Å². The Morgan fingerprint density at radius 1 is 0.667 bits per heavy atom. The molecule has 0 aromatic heterocycles. The van der Waals surface area contributed by atoms with E-state index in [2.05, 4.69) is 116 Å². The minimum absolute atomic E-state index is 0. The summed E-state index contributed by atoms with van der Waals surface area (Å²) >= 11 is 0. The number of unbranched alkanes of at least 4 members (excludes halogenated alkanes) is 1. The molecule has 0 unspecified atom stereocenters. The molecule has 0 atom stereocenters.